The van der Waals surface area contributed by atoms with Crippen LogP contribution >= 0.6 is 0 Å². The number of tetrazole rings is 1. The molecule has 0 saturated heterocycles. The summed E-state index contributed by atoms with van der Waals surface area (Å²) in [6.07, 6.45) is -4.40. The Balaban J connectivity index is 1.56. The van der Waals surface area contributed by atoms with Crippen LogP contribution in [-0.2, 0) is 12.6 Å². The average molecular weight is 470 g/mol. The summed E-state index contributed by atoms with van der Waals surface area (Å²) >= 11 is 0. The van der Waals surface area contributed by atoms with Gasteiger partial charge in [0.25, 0.3) is 0 Å². The van der Waals surface area contributed by atoms with Gasteiger partial charge in [0, 0.05) is 17.5 Å². The molecule has 6 nitrogen and oxygen atoms in total. The fourth-order valence-corrected chi connectivity index (χ4v) is 4.54. The van der Waals surface area contributed by atoms with Crippen molar-refractivity contribution in [3.05, 3.63) is 95.9 Å². The maximum atomic E-state index is 14.1. The number of aromatic amines is 2. The number of hydrogen-bond donors (Lipinski definition) is 2. The second-order valence-electron chi connectivity index (χ2n) is 8.22. The molecular formula is C26H17F3N6. The van der Waals surface area contributed by atoms with Crippen LogP contribution in [0.2, 0.25) is 0 Å². The minimum absolute atomic E-state index is 0.000661. The fourth-order valence-electron chi connectivity index (χ4n) is 4.54. The van der Waals surface area contributed by atoms with E-state index in [0.29, 0.717) is 28.2 Å². The molecule has 0 atom stereocenters. The van der Waals surface area contributed by atoms with Gasteiger partial charge in [-0.1, -0.05) is 72.8 Å². The number of fused-ring (bicyclic) bond motifs is 3. The molecule has 2 aromatic heterocycles. The molecule has 2 heterocycles. The quantitative estimate of drug-likeness (QED) is 0.302. The zero-order valence-electron chi connectivity index (χ0n) is 18.1. The highest BCUT2D eigenvalue weighted by Crippen LogP contribution is 2.43. The number of aromatic nitrogens is 6. The number of alkyl halides is 3. The lowest BCUT2D eigenvalue weighted by molar-refractivity contribution is -0.140. The van der Waals surface area contributed by atoms with Crippen molar-refractivity contribution < 1.29 is 13.2 Å². The highest BCUT2D eigenvalue weighted by molar-refractivity contribution is 6.08. The Labute approximate surface area is 196 Å². The number of nitrogens with zero attached hydrogens (tertiary/aromatic N) is 4. The van der Waals surface area contributed by atoms with Crippen LogP contribution in [0.4, 0.5) is 13.2 Å². The van der Waals surface area contributed by atoms with Crippen LogP contribution in [0.25, 0.3) is 43.9 Å². The molecule has 35 heavy (non-hydrogen) atoms. The smallest absolute Gasteiger partial charge is 0.277 e. The maximum absolute atomic E-state index is 14.1. The predicted octanol–water partition coefficient (Wildman–Crippen LogP) is 6.17. The van der Waals surface area contributed by atoms with Crippen molar-refractivity contribution in [1.29, 1.82) is 0 Å². The number of hydrogen-bond acceptors (Lipinski definition) is 4. The monoisotopic (exact) mass is 470 g/mol. The summed E-state index contributed by atoms with van der Waals surface area (Å²) in [5.41, 5.74) is 1.01. The molecule has 9 heteroatoms. The van der Waals surface area contributed by atoms with Crippen molar-refractivity contribution in [3.8, 4) is 22.4 Å². The molecule has 0 fully saturated rings. The SMILES string of the molecule is FC(F)(F)c1n[nH]c(-c2ccc3c(ccc4ccccc43)c2)c1-c1ccccc1Cc1nnn[nH]1. The van der Waals surface area contributed by atoms with Crippen molar-refractivity contribution in [3.63, 3.8) is 0 Å². The van der Waals surface area contributed by atoms with Crippen LogP contribution in [0.15, 0.2) is 78.9 Å². The molecule has 6 rings (SSSR count). The van der Waals surface area contributed by atoms with Gasteiger partial charge in [0.2, 0.25) is 0 Å². The topological polar surface area (TPSA) is 83.1 Å². The predicted molar refractivity (Wildman–Crippen MR) is 126 cm³/mol. The van der Waals surface area contributed by atoms with Crippen molar-refractivity contribution >= 4 is 21.5 Å². The van der Waals surface area contributed by atoms with E-state index in [4.69, 9.17) is 0 Å². The second-order valence-corrected chi connectivity index (χ2v) is 8.22. The first-order valence-corrected chi connectivity index (χ1v) is 10.9. The van der Waals surface area contributed by atoms with E-state index in [2.05, 4.69) is 30.8 Å². The molecule has 6 aromatic rings. The van der Waals surface area contributed by atoms with E-state index in [9.17, 15) is 13.2 Å². The summed E-state index contributed by atoms with van der Waals surface area (Å²) in [5.74, 6) is 0.452. The standard InChI is InChI=1S/C26H17F3N6/c27-26(28,29)25-23(21-8-4-2-6-16(21)14-22-30-34-35-31-22)24(32-33-25)18-11-12-20-17(13-18)10-9-15-5-1-3-7-19(15)20/h1-13H,14H2,(H,32,33)(H,30,31,34,35). The Morgan fingerprint density at radius 1 is 0.771 bits per heavy atom. The zero-order valence-corrected chi connectivity index (χ0v) is 18.1. The molecule has 0 spiro atoms. The lowest BCUT2D eigenvalue weighted by Gasteiger charge is -2.13. The van der Waals surface area contributed by atoms with Gasteiger partial charge in [0.15, 0.2) is 11.5 Å². The molecule has 0 bridgehead atoms. The Kier molecular flexibility index (Phi) is 4.84. The van der Waals surface area contributed by atoms with Crippen LogP contribution in [0.5, 0.6) is 0 Å². The van der Waals surface area contributed by atoms with Gasteiger partial charge in [-0.3, -0.25) is 5.10 Å². The van der Waals surface area contributed by atoms with Gasteiger partial charge in [-0.2, -0.15) is 18.3 Å². The van der Waals surface area contributed by atoms with Crippen LogP contribution in [0.3, 0.4) is 0 Å². The third-order valence-electron chi connectivity index (χ3n) is 6.10. The second kappa shape index (κ2) is 8.05. The van der Waals surface area contributed by atoms with Crippen molar-refractivity contribution in [2.45, 2.75) is 12.6 Å². The van der Waals surface area contributed by atoms with E-state index in [0.717, 1.165) is 21.5 Å². The Morgan fingerprint density at radius 3 is 2.37 bits per heavy atom. The lowest BCUT2D eigenvalue weighted by Crippen LogP contribution is -2.08. The summed E-state index contributed by atoms with van der Waals surface area (Å²) in [5, 5.41) is 24.2. The van der Waals surface area contributed by atoms with Crippen LogP contribution < -0.4 is 0 Å². The fraction of sp³-hybridized carbons (Fsp3) is 0.0769. The van der Waals surface area contributed by atoms with Gasteiger partial charge in [0.1, 0.15) is 0 Å². The highest BCUT2D eigenvalue weighted by Gasteiger charge is 2.39. The third kappa shape index (κ3) is 3.71. The Morgan fingerprint density at radius 2 is 1.54 bits per heavy atom. The maximum Gasteiger partial charge on any atom is 0.435 e. The minimum atomic E-state index is -4.64. The van der Waals surface area contributed by atoms with E-state index in [1.165, 1.54) is 0 Å². The molecule has 0 aliphatic heterocycles. The lowest BCUT2D eigenvalue weighted by atomic mass is 9.92. The van der Waals surface area contributed by atoms with Gasteiger partial charge in [-0.15, -0.1) is 5.10 Å². The normalized spacial score (nSPS) is 12.0. The van der Waals surface area contributed by atoms with E-state index in [-0.39, 0.29) is 12.0 Å². The van der Waals surface area contributed by atoms with E-state index >= 15 is 0 Å². The summed E-state index contributed by atoms with van der Waals surface area (Å²) < 4.78 is 42.2. The number of benzene rings is 4. The Bertz CT molecular complexity index is 1670. The first-order chi connectivity index (χ1) is 17.0. The zero-order chi connectivity index (χ0) is 24.0. The van der Waals surface area contributed by atoms with E-state index in [1.54, 1.807) is 24.3 Å². The molecule has 172 valence electrons. The molecule has 0 amide bonds. The summed E-state index contributed by atoms with van der Waals surface area (Å²) in [7, 11) is 0. The van der Waals surface area contributed by atoms with E-state index < -0.39 is 11.9 Å². The van der Waals surface area contributed by atoms with Gasteiger partial charge < -0.3 is 0 Å². The average Bonchev–Trinajstić information content (AvgIpc) is 3.54. The molecular weight excluding hydrogens is 453 g/mol. The summed E-state index contributed by atoms with van der Waals surface area (Å²) in [6.45, 7) is 0. The first kappa shape index (κ1) is 21.0. The van der Waals surface area contributed by atoms with Crippen molar-refractivity contribution in [2.24, 2.45) is 0 Å². The molecule has 0 aliphatic carbocycles. The summed E-state index contributed by atoms with van der Waals surface area (Å²) in [6, 6.07) is 24.6. The number of halogens is 3. The molecule has 0 unspecified atom stereocenters. The molecule has 2 N–H and O–H groups in total. The highest BCUT2D eigenvalue weighted by atomic mass is 19.4. The molecule has 0 saturated carbocycles. The van der Waals surface area contributed by atoms with Crippen molar-refractivity contribution in [1.82, 2.24) is 30.8 Å². The number of rotatable bonds is 4. The van der Waals surface area contributed by atoms with Gasteiger partial charge in [-0.05, 0) is 49.2 Å². The largest absolute Gasteiger partial charge is 0.435 e. The van der Waals surface area contributed by atoms with Gasteiger partial charge in [0.05, 0.1) is 5.69 Å². The van der Waals surface area contributed by atoms with E-state index in [1.807, 2.05) is 54.6 Å². The Hall–Kier alpha value is -4.53. The van der Waals surface area contributed by atoms with Crippen LogP contribution in [-0.4, -0.2) is 30.8 Å². The van der Waals surface area contributed by atoms with Gasteiger partial charge in [-0.25, -0.2) is 5.10 Å². The van der Waals surface area contributed by atoms with Crippen LogP contribution in [0.1, 0.15) is 17.1 Å². The van der Waals surface area contributed by atoms with Crippen molar-refractivity contribution in [2.75, 3.05) is 0 Å². The minimum Gasteiger partial charge on any atom is -0.277 e. The molecule has 0 radical (unpaired) electrons. The van der Waals surface area contributed by atoms with Gasteiger partial charge >= 0.3 is 6.18 Å². The summed E-state index contributed by atoms with van der Waals surface area (Å²) in [4.78, 5) is 0. The number of H-pyrrole nitrogens is 2. The molecule has 4 aromatic carbocycles. The third-order valence-corrected chi connectivity index (χ3v) is 6.10. The molecule has 0 aliphatic rings. The number of nitrogens with one attached hydrogen (secondary N) is 2. The van der Waals surface area contributed by atoms with Crippen LogP contribution in [0, 0.1) is 0 Å². The first-order valence-electron chi connectivity index (χ1n) is 10.9.